The third-order valence-electron chi connectivity index (χ3n) is 4.10. The lowest BCUT2D eigenvalue weighted by molar-refractivity contribution is 0.0988. The van der Waals surface area contributed by atoms with Crippen molar-refractivity contribution in [2.24, 2.45) is 0 Å². The van der Waals surface area contributed by atoms with Gasteiger partial charge in [0, 0.05) is 18.4 Å². The Labute approximate surface area is 147 Å². The van der Waals surface area contributed by atoms with Gasteiger partial charge in [0.15, 0.2) is 0 Å². The van der Waals surface area contributed by atoms with Crippen molar-refractivity contribution in [3.63, 3.8) is 0 Å². The zero-order valence-corrected chi connectivity index (χ0v) is 14.5. The molecule has 3 rings (SSSR count). The van der Waals surface area contributed by atoms with Crippen LogP contribution in [-0.4, -0.2) is 22.9 Å². The summed E-state index contributed by atoms with van der Waals surface area (Å²) in [5.41, 5.74) is 4.50. The number of anilines is 3. The largest absolute Gasteiger partial charge is 0.339 e. The first-order chi connectivity index (χ1) is 12.0. The molecule has 126 valence electrons. The number of carbonyl (C=O) groups is 1. The molecule has 0 saturated carbocycles. The van der Waals surface area contributed by atoms with Crippen molar-refractivity contribution in [1.29, 1.82) is 0 Å². The predicted octanol–water partition coefficient (Wildman–Crippen LogP) is 4.11. The Balaban J connectivity index is 1.73. The Morgan fingerprint density at radius 3 is 2.36 bits per heavy atom. The number of aryl methyl sites for hydroxylation is 2. The first-order valence-corrected chi connectivity index (χ1v) is 8.04. The van der Waals surface area contributed by atoms with Crippen LogP contribution in [0.3, 0.4) is 0 Å². The molecule has 0 aliphatic carbocycles. The second-order valence-corrected chi connectivity index (χ2v) is 5.91. The van der Waals surface area contributed by atoms with Gasteiger partial charge in [-0.15, -0.1) is 0 Å². The molecule has 1 aromatic heterocycles. The first kappa shape index (κ1) is 16.6. The molecular weight excluding hydrogens is 312 g/mol. The van der Waals surface area contributed by atoms with Crippen molar-refractivity contribution >= 4 is 23.1 Å². The quantitative estimate of drug-likeness (QED) is 0.781. The number of rotatable bonds is 4. The number of para-hydroxylation sites is 1. The van der Waals surface area contributed by atoms with Crippen LogP contribution in [0.4, 0.5) is 17.2 Å². The number of benzene rings is 2. The Bertz CT molecular complexity index is 876. The molecule has 1 N–H and O–H groups in total. The number of hydrogen-bond acceptors (Lipinski definition) is 4. The minimum absolute atomic E-state index is 0.198. The molecule has 0 bridgehead atoms. The highest BCUT2D eigenvalue weighted by atomic mass is 16.2. The summed E-state index contributed by atoms with van der Waals surface area (Å²) in [6.45, 7) is 4.13. The van der Waals surface area contributed by atoms with E-state index in [-0.39, 0.29) is 5.91 Å². The van der Waals surface area contributed by atoms with Gasteiger partial charge in [0.2, 0.25) is 0 Å². The van der Waals surface area contributed by atoms with Crippen molar-refractivity contribution < 1.29 is 4.79 Å². The van der Waals surface area contributed by atoms with E-state index in [2.05, 4.69) is 41.3 Å². The van der Waals surface area contributed by atoms with E-state index in [0.717, 1.165) is 11.4 Å². The van der Waals surface area contributed by atoms with Gasteiger partial charge in [-0.05, 0) is 49.2 Å². The lowest BCUT2D eigenvalue weighted by Crippen LogP contribution is -2.27. The van der Waals surface area contributed by atoms with E-state index in [9.17, 15) is 4.79 Å². The van der Waals surface area contributed by atoms with Crippen LogP contribution in [0.25, 0.3) is 0 Å². The lowest BCUT2D eigenvalue weighted by Gasteiger charge is -2.16. The van der Waals surface area contributed by atoms with E-state index in [1.165, 1.54) is 17.3 Å². The fourth-order valence-electron chi connectivity index (χ4n) is 2.41. The van der Waals surface area contributed by atoms with Crippen molar-refractivity contribution in [2.75, 3.05) is 17.3 Å². The average Bonchev–Trinajstić information content (AvgIpc) is 2.65. The molecule has 0 radical (unpaired) electrons. The van der Waals surface area contributed by atoms with Crippen LogP contribution in [0.2, 0.25) is 0 Å². The van der Waals surface area contributed by atoms with Crippen LogP contribution in [0.1, 0.15) is 21.6 Å². The Morgan fingerprint density at radius 2 is 1.72 bits per heavy atom. The molecule has 0 aliphatic rings. The molecule has 0 saturated heterocycles. The number of amides is 1. The maximum absolute atomic E-state index is 12.5. The van der Waals surface area contributed by atoms with Crippen LogP contribution >= 0.6 is 0 Å². The van der Waals surface area contributed by atoms with Crippen LogP contribution in [0.5, 0.6) is 0 Å². The van der Waals surface area contributed by atoms with Crippen molar-refractivity contribution in [1.82, 2.24) is 9.97 Å². The molecule has 5 nitrogen and oxygen atoms in total. The predicted molar refractivity (Wildman–Crippen MR) is 100 cm³/mol. The highest BCUT2D eigenvalue weighted by molar-refractivity contribution is 6.04. The fourth-order valence-corrected chi connectivity index (χ4v) is 2.41. The van der Waals surface area contributed by atoms with E-state index >= 15 is 0 Å². The minimum Gasteiger partial charge on any atom is -0.339 e. The molecular formula is C20H20N4O. The van der Waals surface area contributed by atoms with Gasteiger partial charge in [0.1, 0.15) is 11.5 Å². The monoisotopic (exact) mass is 332 g/mol. The summed E-state index contributed by atoms with van der Waals surface area (Å²) in [6, 6.07) is 15.5. The second kappa shape index (κ2) is 7.13. The summed E-state index contributed by atoms with van der Waals surface area (Å²) in [5.74, 6) is 0.401. The van der Waals surface area contributed by atoms with Gasteiger partial charge < -0.3 is 10.2 Å². The Kier molecular flexibility index (Phi) is 4.75. The van der Waals surface area contributed by atoms with Gasteiger partial charge in [-0.25, -0.2) is 9.97 Å². The highest BCUT2D eigenvalue weighted by Crippen LogP contribution is 2.18. The van der Waals surface area contributed by atoms with Gasteiger partial charge in [0.05, 0.1) is 12.4 Å². The number of aromatic nitrogens is 2. The summed E-state index contributed by atoms with van der Waals surface area (Å²) in [5, 5.41) is 3.20. The van der Waals surface area contributed by atoms with Crippen molar-refractivity contribution in [3.8, 4) is 0 Å². The standard InChI is InChI=1S/C20H20N4O/c1-14-9-10-16(11-15(14)2)23-19-13-21-18(12-22-19)20(25)24(3)17-7-5-4-6-8-17/h4-13H,1-3H3,(H,22,23). The molecule has 0 unspecified atom stereocenters. The van der Waals surface area contributed by atoms with Crippen LogP contribution in [0, 0.1) is 13.8 Å². The average molecular weight is 332 g/mol. The molecule has 0 aliphatic heterocycles. The molecule has 2 aromatic carbocycles. The van der Waals surface area contributed by atoms with Gasteiger partial charge in [-0.1, -0.05) is 24.3 Å². The summed E-state index contributed by atoms with van der Waals surface area (Å²) < 4.78 is 0. The van der Waals surface area contributed by atoms with E-state index < -0.39 is 0 Å². The maximum Gasteiger partial charge on any atom is 0.278 e. The summed E-state index contributed by atoms with van der Waals surface area (Å²) in [6.07, 6.45) is 3.06. The number of nitrogens with one attached hydrogen (secondary N) is 1. The van der Waals surface area contributed by atoms with Crippen molar-refractivity contribution in [2.45, 2.75) is 13.8 Å². The molecule has 5 heteroatoms. The van der Waals surface area contributed by atoms with Gasteiger partial charge >= 0.3 is 0 Å². The molecule has 1 heterocycles. The second-order valence-electron chi connectivity index (χ2n) is 5.91. The van der Waals surface area contributed by atoms with Crippen LogP contribution < -0.4 is 10.2 Å². The lowest BCUT2D eigenvalue weighted by atomic mass is 10.1. The molecule has 0 atom stereocenters. The van der Waals surface area contributed by atoms with E-state index in [1.54, 1.807) is 18.1 Å². The maximum atomic E-state index is 12.5. The molecule has 1 amide bonds. The third kappa shape index (κ3) is 3.83. The van der Waals surface area contributed by atoms with Crippen LogP contribution in [0.15, 0.2) is 60.9 Å². The van der Waals surface area contributed by atoms with E-state index in [0.29, 0.717) is 11.5 Å². The Morgan fingerprint density at radius 1 is 0.960 bits per heavy atom. The zero-order valence-electron chi connectivity index (χ0n) is 14.5. The SMILES string of the molecule is Cc1ccc(Nc2cnc(C(=O)N(C)c3ccccc3)cn2)cc1C. The minimum atomic E-state index is -0.198. The zero-order chi connectivity index (χ0) is 17.8. The molecule has 0 spiro atoms. The highest BCUT2D eigenvalue weighted by Gasteiger charge is 2.15. The van der Waals surface area contributed by atoms with E-state index in [1.807, 2.05) is 36.4 Å². The first-order valence-electron chi connectivity index (χ1n) is 8.04. The fraction of sp³-hybridized carbons (Fsp3) is 0.150. The van der Waals surface area contributed by atoms with Crippen molar-refractivity contribution in [3.05, 3.63) is 77.7 Å². The number of nitrogens with zero attached hydrogens (tertiary/aromatic N) is 3. The number of hydrogen-bond donors (Lipinski definition) is 1. The smallest absolute Gasteiger partial charge is 0.278 e. The molecule has 0 fully saturated rings. The third-order valence-corrected chi connectivity index (χ3v) is 4.10. The van der Waals surface area contributed by atoms with E-state index in [4.69, 9.17) is 0 Å². The van der Waals surface area contributed by atoms with Crippen LogP contribution in [-0.2, 0) is 0 Å². The number of carbonyl (C=O) groups excluding carboxylic acids is 1. The Hall–Kier alpha value is -3.21. The topological polar surface area (TPSA) is 58.1 Å². The van der Waals surface area contributed by atoms with Gasteiger partial charge in [-0.2, -0.15) is 0 Å². The summed E-state index contributed by atoms with van der Waals surface area (Å²) in [7, 11) is 1.72. The summed E-state index contributed by atoms with van der Waals surface area (Å²) in [4.78, 5) is 22.6. The van der Waals surface area contributed by atoms with Gasteiger partial charge in [-0.3, -0.25) is 4.79 Å². The van der Waals surface area contributed by atoms with Gasteiger partial charge in [0.25, 0.3) is 5.91 Å². The summed E-state index contributed by atoms with van der Waals surface area (Å²) >= 11 is 0. The molecule has 3 aromatic rings. The molecule has 25 heavy (non-hydrogen) atoms. The normalized spacial score (nSPS) is 10.4.